The van der Waals surface area contributed by atoms with Crippen molar-refractivity contribution in [2.24, 2.45) is 0 Å². The summed E-state index contributed by atoms with van der Waals surface area (Å²) >= 11 is 0. The summed E-state index contributed by atoms with van der Waals surface area (Å²) < 4.78 is 11.4. The highest BCUT2D eigenvalue weighted by molar-refractivity contribution is 5.82. The largest absolute Gasteiger partial charge is 1.00 e. The summed E-state index contributed by atoms with van der Waals surface area (Å²) in [5, 5.41) is 1.04. The number of para-hydroxylation sites is 1. The number of hydrogen-bond donors (Lipinski definition) is 0. The second-order valence-corrected chi connectivity index (χ2v) is 4.05. The highest BCUT2D eigenvalue weighted by atomic mass is 35.5. The molecule has 0 aliphatic carbocycles. The van der Waals surface area contributed by atoms with Crippen LogP contribution in [0.4, 0.5) is 0 Å². The number of hydrogen-bond acceptors (Lipinski definition) is 1. The molecule has 3 heteroatoms. The molecular weight excluding hydrogens is 260 g/mol. The van der Waals surface area contributed by atoms with Crippen molar-refractivity contribution in [3.8, 4) is 17.1 Å². The molecule has 96 valence electrons. The fraction of sp³-hybridized carbons (Fsp3) is 0.0625. The van der Waals surface area contributed by atoms with Crippen LogP contribution in [0.15, 0.2) is 65.1 Å². The van der Waals surface area contributed by atoms with Gasteiger partial charge in [0, 0.05) is 12.1 Å². The molecule has 2 aromatic carbocycles. The van der Waals surface area contributed by atoms with Gasteiger partial charge in [0.2, 0.25) is 5.75 Å². The van der Waals surface area contributed by atoms with E-state index in [2.05, 4.69) is 0 Å². The molecule has 0 N–H and O–H groups in total. The van der Waals surface area contributed by atoms with Gasteiger partial charge < -0.3 is 17.1 Å². The van der Waals surface area contributed by atoms with Gasteiger partial charge in [-0.1, -0.05) is 30.3 Å². The van der Waals surface area contributed by atoms with Crippen molar-refractivity contribution in [3.05, 3.63) is 60.7 Å². The predicted octanol–water partition coefficient (Wildman–Crippen LogP) is 1.39. The maximum Gasteiger partial charge on any atom is 0.402 e. The molecule has 0 saturated carbocycles. The number of halogens is 1. The molecule has 0 atom stereocenters. The smallest absolute Gasteiger partial charge is 0.402 e. The van der Waals surface area contributed by atoms with Crippen LogP contribution in [0.2, 0.25) is 0 Å². The number of ether oxygens (including phenoxy) is 1. The van der Waals surface area contributed by atoms with E-state index >= 15 is 0 Å². The van der Waals surface area contributed by atoms with E-state index in [-0.39, 0.29) is 12.4 Å². The molecule has 0 spiro atoms. The summed E-state index contributed by atoms with van der Waals surface area (Å²) in [5.41, 5.74) is 1.87. The van der Waals surface area contributed by atoms with E-state index in [1.54, 1.807) is 7.11 Å². The third kappa shape index (κ3) is 2.54. The van der Waals surface area contributed by atoms with Crippen LogP contribution in [0.5, 0.6) is 5.75 Å². The molecule has 0 radical (unpaired) electrons. The van der Waals surface area contributed by atoms with Crippen LogP contribution in [0.25, 0.3) is 22.3 Å². The average molecular weight is 273 g/mol. The van der Waals surface area contributed by atoms with Crippen molar-refractivity contribution in [3.63, 3.8) is 0 Å². The third-order valence-corrected chi connectivity index (χ3v) is 2.90. The van der Waals surface area contributed by atoms with Crippen LogP contribution in [-0.4, -0.2) is 7.11 Å². The molecule has 3 aromatic rings. The summed E-state index contributed by atoms with van der Waals surface area (Å²) in [7, 11) is 1.66. The maximum atomic E-state index is 5.94. The molecule has 0 amide bonds. The zero-order valence-electron chi connectivity index (χ0n) is 10.5. The van der Waals surface area contributed by atoms with Crippen molar-refractivity contribution in [2.75, 3.05) is 7.11 Å². The molecule has 0 saturated heterocycles. The first-order chi connectivity index (χ1) is 8.88. The van der Waals surface area contributed by atoms with Gasteiger partial charge >= 0.3 is 11.3 Å². The van der Waals surface area contributed by atoms with E-state index in [4.69, 9.17) is 9.15 Å². The second kappa shape index (κ2) is 5.72. The molecule has 2 nitrogen and oxygen atoms in total. The lowest BCUT2D eigenvalue weighted by Gasteiger charge is -2.00. The summed E-state index contributed by atoms with van der Waals surface area (Å²) in [6, 6.07) is 19.9. The highest BCUT2D eigenvalue weighted by Gasteiger charge is 2.21. The first-order valence-corrected chi connectivity index (χ1v) is 5.84. The SMILES string of the molecule is COc1cc2ccccc2[o+]c1-c1ccccc1.[Cl-]. The first-order valence-electron chi connectivity index (χ1n) is 5.84. The van der Waals surface area contributed by atoms with E-state index in [0.29, 0.717) is 0 Å². The Balaban J connectivity index is 0.00000133. The fourth-order valence-corrected chi connectivity index (χ4v) is 2.00. The Morgan fingerprint density at radius 2 is 1.58 bits per heavy atom. The molecular formula is C16H13ClO2. The summed E-state index contributed by atoms with van der Waals surface area (Å²) in [5.74, 6) is 1.51. The minimum Gasteiger partial charge on any atom is -1.00 e. The van der Waals surface area contributed by atoms with Gasteiger partial charge in [0.05, 0.1) is 18.1 Å². The highest BCUT2D eigenvalue weighted by Crippen LogP contribution is 2.33. The lowest BCUT2D eigenvalue weighted by atomic mass is 10.1. The number of fused-ring (bicyclic) bond motifs is 1. The van der Waals surface area contributed by atoms with Gasteiger partial charge in [-0.2, -0.15) is 0 Å². The van der Waals surface area contributed by atoms with Crippen molar-refractivity contribution >= 4 is 11.0 Å². The van der Waals surface area contributed by atoms with Crippen molar-refractivity contribution in [2.45, 2.75) is 0 Å². The minimum atomic E-state index is 0. The van der Waals surface area contributed by atoms with E-state index in [9.17, 15) is 0 Å². The monoisotopic (exact) mass is 272 g/mol. The zero-order chi connectivity index (χ0) is 12.4. The average Bonchev–Trinajstić information content (AvgIpc) is 2.46. The molecule has 19 heavy (non-hydrogen) atoms. The third-order valence-electron chi connectivity index (χ3n) is 2.90. The minimum absolute atomic E-state index is 0. The molecule has 0 aliphatic heterocycles. The van der Waals surface area contributed by atoms with Crippen LogP contribution in [0.1, 0.15) is 0 Å². The van der Waals surface area contributed by atoms with Gasteiger partial charge in [0.15, 0.2) is 0 Å². The first kappa shape index (κ1) is 13.4. The van der Waals surface area contributed by atoms with E-state index in [1.807, 2.05) is 60.7 Å². The molecule has 1 aromatic heterocycles. The molecule has 3 rings (SSSR count). The van der Waals surface area contributed by atoms with Crippen LogP contribution < -0.4 is 17.1 Å². The normalized spacial score (nSPS) is 9.95. The van der Waals surface area contributed by atoms with Gasteiger partial charge in [0.1, 0.15) is 0 Å². The van der Waals surface area contributed by atoms with Gasteiger partial charge in [-0.25, -0.2) is 4.42 Å². The Labute approximate surface area is 118 Å². The lowest BCUT2D eigenvalue weighted by Crippen LogP contribution is -3.00. The fourth-order valence-electron chi connectivity index (χ4n) is 2.00. The van der Waals surface area contributed by atoms with E-state index < -0.39 is 0 Å². The lowest BCUT2D eigenvalue weighted by molar-refractivity contribution is -0.00000422. The van der Waals surface area contributed by atoms with Gasteiger partial charge in [0.25, 0.3) is 0 Å². The molecule has 0 fully saturated rings. The van der Waals surface area contributed by atoms with Crippen LogP contribution in [-0.2, 0) is 0 Å². The quantitative estimate of drug-likeness (QED) is 0.658. The predicted molar refractivity (Wildman–Crippen MR) is 72.6 cm³/mol. The van der Waals surface area contributed by atoms with Gasteiger partial charge in [-0.05, 0) is 18.2 Å². The maximum absolute atomic E-state index is 5.94. The molecule has 0 aliphatic rings. The van der Waals surface area contributed by atoms with Crippen molar-refractivity contribution in [1.82, 2.24) is 0 Å². The van der Waals surface area contributed by atoms with Crippen LogP contribution in [0, 0.1) is 0 Å². The van der Waals surface area contributed by atoms with E-state index in [1.165, 1.54) is 0 Å². The Morgan fingerprint density at radius 1 is 0.895 bits per heavy atom. The zero-order valence-corrected chi connectivity index (χ0v) is 11.2. The van der Waals surface area contributed by atoms with E-state index in [0.717, 1.165) is 28.0 Å². The summed E-state index contributed by atoms with van der Waals surface area (Å²) in [6.45, 7) is 0. The number of benzene rings is 2. The van der Waals surface area contributed by atoms with Crippen LogP contribution >= 0.6 is 0 Å². The number of methoxy groups -OCH3 is 1. The Hall–Kier alpha value is -2.06. The van der Waals surface area contributed by atoms with Crippen molar-refractivity contribution in [1.29, 1.82) is 0 Å². The Morgan fingerprint density at radius 3 is 2.32 bits per heavy atom. The topological polar surface area (TPSA) is 20.5 Å². The summed E-state index contributed by atoms with van der Waals surface area (Å²) in [6.07, 6.45) is 0. The van der Waals surface area contributed by atoms with Gasteiger partial charge in [-0.3, -0.25) is 0 Å². The Bertz CT molecular complexity index is 681. The standard InChI is InChI=1S/C16H13O2.ClH/c1-17-15-11-13-9-5-6-10-14(13)18-16(15)12-7-3-2-4-8-12;/h2-11H,1H3;1H/q+1;/p-1. The van der Waals surface area contributed by atoms with Crippen LogP contribution in [0.3, 0.4) is 0 Å². The number of rotatable bonds is 2. The van der Waals surface area contributed by atoms with Gasteiger partial charge in [-0.15, -0.1) is 0 Å². The summed E-state index contributed by atoms with van der Waals surface area (Å²) in [4.78, 5) is 0. The van der Waals surface area contributed by atoms with Crippen molar-refractivity contribution < 1.29 is 21.6 Å². The molecule has 0 bridgehead atoms. The second-order valence-electron chi connectivity index (χ2n) is 4.05. The molecule has 0 unspecified atom stereocenters. The Kier molecular flexibility index (Phi) is 4.03. The molecule has 1 heterocycles.